The lowest BCUT2D eigenvalue weighted by Crippen LogP contribution is -2.60. The Labute approximate surface area is 104 Å². The van der Waals surface area contributed by atoms with E-state index in [1.54, 1.807) is 4.90 Å². The van der Waals surface area contributed by atoms with Gasteiger partial charge < -0.3 is 9.80 Å². The van der Waals surface area contributed by atoms with Gasteiger partial charge >= 0.3 is 0 Å². The average Bonchev–Trinajstić information content (AvgIpc) is 2.27. The summed E-state index contributed by atoms with van der Waals surface area (Å²) < 4.78 is 0. The maximum absolute atomic E-state index is 12.1. The van der Waals surface area contributed by atoms with E-state index in [0.29, 0.717) is 0 Å². The molecule has 0 N–H and O–H groups in total. The molecule has 2 unspecified atom stereocenters. The topological polar surface area (TPSA) is 50.6 Å². The van der Waals surface area contributed by atoms with Crippen LogP contribution in [0.15, 0.2) is 0 Å². The van der Waals surface area contributed by atoms with Crippen molar-refractivity contribution in [2.24, 2.45) is 0 Å². The lowest BCUT2D eigenvalue weighted by Gasteiger charge is -2.42. The Kier molecular flexibility index (Phi) is 4.91. The minimum Gasteiger partial charge on any atom is -0.340 e. The highest BCUT2D eigenvalue weighted by Crippen LogP contribution is 2.17. The van der Waals surface area contributed by atoms with Crippen LogP contribution >= 0.6 is 0 Å². The summed E-state index contributed by atoms with van der Waals surface area (Å²) >= 11 is 0. The molecule has 1 saturated heterocycles. The van der Waals surface area contributed by atoms with Crippen LogP contribution in [0.2, 0.25) is 0 Å². The third-order valence-electron chi connectivity index (χ3n) is 3.35. The van der Waals surface area contributed by atoms with Gasteiger partial charge in [-0.3, -0.25) is 9.69 Å². The Balaban J connectivity index is 2.71. The van der Waals surface area contributed by atoms with E-state index >= 15 is 0 Å². The standard InChI is InChI=1S/C12H22N4O/c1-10-9-16(8-7-14(2)3)11(5-6-13)12(17)15(10)4/h10-11H,5,7-9H2,1-4H3. The first kappa shape index (κ1) is 13.9. The second kappa shape index (κ2) is 5.99. The first-order chi connectivity index (χ1) is 7.97. The maximum atomic E-state index is 12.1. The molecule has 5 heteroatoms. The van der Waals surface area contributed by atoms with Gasteiger partial charge in [0, 0.05) is 32.7 Å². The van der Waals surface area contributed by atoms with Crippen LogP contribution in [-0.2, 0) is 4.79 Å². The first-order valence-electron chi connectivity index (χ1n) is 5.99. The fraction of sp³-hybridized carbons (Fsp3) is 0.833. The molecule has 0 aromatic rings. The van der Waals surface area contributed by atoms with E-state index < -0.39 is 0 Å². The number of hydrogen-bond donors (Lipinski definition) is 0. The van der Waals surface area contributed by atoms with Crippen LogP contribution in [0, 0.1) is 11.3 Å². The summed E-state index contributed by atoms with van der Waals surface area (Å²) in [4.78, 5) is 18.1. The Morgan fingerprint density at radius 1 is 1.53 bits per heavy atom. The van der Waals surface area contributed by atoms with Crippen LogP contribution in [0.25, 0.3) is 0 Å². The molecule has 0 radical (unpaired) electrons. The molecule has 0 spiro atoms. The van der Waals surface area contributed by atoms with Gasteiger partial charge in [-0.1, -0.05) is 0 Å². The van der Waals surface area contributed by atoms with Gasteiger partial charge in [0.2, 0.25) is 5.91 Å². The van der Waals surface area contributed by atoms with E-state index in [1.807, 2.05) is 28.1 Å². The minimum atomic E-state index is -0.263. The Morgan fingerprint density at radius 3 is 2.71 bits per heavy atom. The number of piperazine rings is 1. The van der Waals surface area contributed by atoms with Crippen LogP contribution in [0.4, 0.5) is 0 Å². The molecule has 1 fully saturated rings. The predicted octanol–water partition coefficient (Wildman–Crippen LogP) is -0.00722. The zero-order valence-corrected chi connectivity index (χ0v) is 11.2. The summed E-state index contributed by atoms with van der Waals surface area (Å²) in [5.74, 6) is 0.0732. The fourth-order valence-electron chi connectivity index (χ4n) is 2.08. The van der Waals surface area contributed by atoms with Crippen molar-refractivity contribution >= 4 is 5.91 Å². The van der Waals surface area contributed by atoms with Crippen molar-refractivity contribution in [3.05, 3.63) is 0 Å². The number of hydrogen-bond acceptors (Lipinski definition) is 4. The highest BCUT2D eigenvalue weighted by atomic mass is 16.2. The molecule has 1 aliphatic heterocycles. The minimum absolute atomic E-state index is 0.0732. The van der Waals surface area contributed by atoms with Crippen LogP contribution < -0.4 is 0 Å². The van der Waals surface area contributed by atoms with Crippen molar-refractivity contribution in [2.75, 3.05) is 40.8 Å². The number of nitrogens with zero attached hydrogens (tertiary/aromatic N) is 4. The van der Waals surface area contributed by atoms with E-state index in [9.17, 15) is 4.79 Å². The largest absolute Gasteiger partial charge is 0.340 e. The molecule has 17 heavy (non-hydrogen) atoms. The molecule has 1 heterocycles. The van der Waals surface area contributed by atoms with Crippen molar-refractivity contribution in [1.29, 1.82) is 5.26 Å². The highest BCUT2D eigenvalue weighted by Gasteiger charge is 2.36. The fourth-order valence-corrected chi connectivity index (χ4v) is 2.08. The van der Waals surface area contributed by atoms with Crippen molar-refractivity contribution in [1.82, 2.24) is 14.7 Å². The summed E-state index contributed by atoms with van der Waals surface area (Å²) in [6.45, 7) is 4.64. The lowest BCUT2D eigenvalue weighted by molar-refractivity contribution is -0.143. The quantitative estimate of drug-likeness (QED) is 0.691. The maximum Gasteiger partial charge on any atom is 0.241 e. The zero-order chi connectivity index (χ0) is 13.0. The normalized spacial score (nSPS) is 26.4. The van der Waals surface area contributed by atoms with E-state index in [-0.39, 0.29) is 24.4 Å². The summed E-state index contributed by atoms with van der Waals surface area (Å²) in [6.07, 6.45) is 0.281. The number of carbonyl (C=O) groups is 1. The van der Waals surface area contributed by atoms with Gasteiger partial charge in [-0.15, -0.1) is 0 Å². The molecule has 1 amide bonds. The molecule has 5 nitrogen and oxygen atoms in total. The van der Waals surface area contributed by atoms with Gasteiger partial charge in [0.1, 0.15) is 6.04 Å². The molecule has 1 rings (SSSR count). The third-order valence-corrected chi connectivity index (χ3v) is 3.35. The molecule has 0 saturated carbocycles. The van der Waals surface area contributed by atoms with Gasteiger partial charge in [0.15, 0.2) is 0 Å². The molecule has 96 valence electrons. The van der Waals surface area contributed by atoms with Crippen LogP contribution in [0.1, 0.15) is 13.3 Å². The van der Waals surface area contributed by atoms with Gasteiger partial charge in [0.05, 0.1) is 12.5 Å². The van der Waals surface area contributed by atoms with Crippen molar-refractivity contribution < 1.29 is 4.79 Å². The number of likely N-dealkylation sites (N-methyl/N-ethyl adjacent to an activating group) is 2. The lowest BCUT2D eigenvalue weighted by atomic mass is 10.0. The van der Waals surface area contributed by atoms with Gasteiger partial charge in [-0.05, 0) is 21.0 Å². The average molecular weight is 238 g/mol. The van der Waals surface area contributed by atoms with Crippen molar-refractivity contribution in [2.45, 2.75) is 25.4 Å². The second-order valence-electron chi connectivity index (χ2n) is 4.97. The van der Waals surface area contributed by atoms with E-state index in [2.05, 4.69) is 15.9 Å². The third kappa shape index (κ3) is 3.42. The van der Waals surface area contributed by atoms with Crippen LogP contribution in [-0.4, -0.2) is 73.5 Å². The Hall–Kier alpha value is -1.12. The Bertz CT molecular complexity index is 310. The Morgan fingerprint density at radius 2 is 2.18 bits per heavy atom. The van der Waals surface area contributed by atoms with Gasteiger partial charge in [0.25, 0.3) is 0 Å². The molecule has 0 bridgehead atoms. The number of amides is 1. The summed E-state index contributed by atoms with van der Waals surface area (Å²) in [5, 5.41) is 8.83. The second-order valence-corrected chi connectivity index (χ2v) is 4.97. The smallest absolute Gasteiger partial charge is 0.241 e. The number of carbonyl (C=O) groups excluding carboxylic acids is 1. The first-order valence-corrected chi connectivity index (χ1v) is 5.99. The molecule has 2 atom stereocenters. The molecular formula is C12H22N4O. The predicted molar refractivity (Wildman–Crippen MR) is 66.4 cm³/mol. The van der Waals surface area contributed by atoms with Crippen LogP contribution in [0.3, 0.4) is 0 Å². The SMILES string of the molecule is CC1CN(CCN(C)C)C(CC#N)C(=O)N1C. The molecular weight excluding hydrogens is 216 g/mol. The van der Waals surface area contributed by atoms with Crippen molar-refractivity contribution in [3.8, 4) is 6.07 Å². The van der Waals surface area contributed by atoms with Crippen molar-refractivity contribution in [3.63, 3.8) is 0 Å². The molecule has 1 aliphatic rings. The molecule has 0 aliphatic carbocycles. The van der Waals surface area contributed by atoms with Gasteiger partial charge in [-0.2, -0.15) is 5.26 Å². The van der Waals surface area contributed by atoms with E-state index in [0.717, 1.165) is 19.6 Å². The monoisotopic (exact) mass is 238 g/mol. The summed E-state index contributed by atoms with van der Waals surface area (Å²) in [7, 11) is 5.85. The summed E-state index contributed by atoms with van der Waals surface area (Å²) in [5.41, 5.74) is 0. The number of rotatable bonds is 4. The van der Waals surface area contributed by atoms with Crippen LogP contribution in [0.5, 0.6) is 0 Å². The molecule has 0 aromatic heterocycles. The van der Waals surface area contributed by atoms with Gasteiger partial charge in [-0.25, -0.2) is 0 Å². The molecule has 0 aromatic carbocycles. The highest BCUT2D eigenvalue weighted by molar-refractivity contribution is 5.83. The summed E-state index contributed by atoms with van der Waals surface area (Å²) in [6, 6.07) is 2.08. The zero-order valence-electron chi connectivity index (χ0n) is 11.2. The van der Waals surface area contributed by atoms with E-state index in [4.69, 9.17) is 5.26 Å². The van der Waals surface area contributed by atoms with E-state index in [1.165, 1.54) is 0 Å². The number of nitriles is 1.